The fourth-order valence-electron chi connectivity index (χ4n) is 1.58. The first-order valence-corrected chi connectivity index (χ1v) is 10.4. The lowest BCUT2D eigenvalue weighted by Gasteiger charge is -2.41. The zero-order chi connectivity index (χ0) is 17.3. The average molecular weight is 400 g/mol. The molecule has 1 unspecified atom stereocenters. The number of hydrogen-bond acceptors (Lipinski definition) is 3. The van der Waals surface area contributed by atoms with Crippen LogP contribution in [0.25, 0.3) is 0 Å². The summed E-state index contributed by atoms with van der Waals surface area (Å²) in [6.45, 7) is 8.97. The highest BCUT2D eigenvalue weighted by molar-refractivity contribution is 9.10. The predicted molar refractivity (Wildman–Crippen MR) is 85.6 cm³/mol. The van der Waals surface area contributed by atoms with Gasteiger partial charge >= 0.3 is 0 Å². The molecule has 1 aromatic rings. The minimum atomic E-state index is -3.37. The molecule has 0 bridgehead atoms. The normalized spacial score (nSPS) is 15.8. The maximum absolute atomic E-state index is 15.2. The Morgan fingerprint density at radius 3 is 2.23 bits per heavy atom. The molecule has 0 fully saturated rings. The summed E-state index contributed by atoms with van der Waals surface area (Å²) in [7, 11) is -1.54. The second kappa shape index (κ2) is 6.49. The number of alkyl halides is 3. The topological polar surface area (TPSA) is 31.4 Å². The molecule has 0 N–H and O–H groups in total. The third-order valence-electron chi connectivity index (χ3n) is 3.87. The van der Waals surface area contributed by atoms with Crippen LogP contribution in [-0.4, -0.2) is 26.8 Å². The fraction of sp³-hybridized carbons (Fsp3) is 0.643. The Bertz CT molecular complexity index is 537. The number of hydrogen-bond donors (Lipinski definition) is 0. The van der Waals surface area contributed by atoms with Crippen LogP contribution < -0.4 is 4.74 Å². The van der Waals surface area contributed by atoms with Crippen LogP contribution in [0.1, 0.15) is 26.3 Å². The maximum Gasteiger partial charge on any atom is 0.300 e. The van der Waals surface area contributed by atoms with Gasteiger partial charge in [0.15, 0.2) is 8.32 Å². The molecule has 0 radical (unpaired) electrons. The molecular weight excluding hydrogens is 379 g/mol. The number of halogens is 4. The van der Waals surface area contributed by atoms with Crippen LogP contribution in [0.2, 0.25) is 18.1 Å². The van der Waals surface area contributed by atoms with E-state index in [4.69, 9.17) is 9.16 Å². The van der Waals surface area contributed by atoms with Crippen molar-refractivity contribution in [1.82, 2.24) is 4.98 Å². The van der Waals surface area contributed by atoms with E-state index in [0.29, 0.717) is 4.47 Å². The van der Waals surface area contributed by atoms with Gasteiger partial charge in [-0.15, -0.1) is 0 Å². The van der Waals surface area contributed by atoms with Gasteiger partial charge in [-0.2, -0.15) is 0 Å². The van der Waals surface area contributed by atoms with Gasteiger partial charge in [0, 0.05) is 10.7 Å². The summed E-state index contributed by atoms with van der Waals surface area (Å²) in [6.07, 6.45) is -2.02. The Hall–Kier alpha value is -0.603. The summed E-state index contributed by atoms with van der Waals surface area (Å²) in [4.78, 5) is 3.83. The van der Waals surface area contributed by atoms with E-state index in [2.05, 4.69) is 20.9 Å². The highest BCUT2D eigenvalue weighted by atomic mass is 79.9. The predicted octanol–water partition coefficient (Wildman–Crippen LogP) is 5.26. The van der Waals surface area contributed by atoms with Crippen molar-refractivity contribution in [2.24, 2.45) is 0 Å². The Balaban J connectivity index is 3.43. The standard InChI is InChI=1S/C14H21BrF3NO2Si/c1-13(2,3)22(5,6)21-14(18,12(16)17)10-7-9(15)8-19-11(10)20-4/h7-8,12H,1-6H3. The first-order valence-electron chi connectivity index (χ1n) is 6.72. The molecule has 0 spiro atoms. The van der Waals surface area contributed by atoms with Crippen molar-refractivity contribution in [1.29, 1.82) is 0 Å². The molecule has 3 nitrogen and oxygen atoms in total. The van der Waals surface area contributed by atoms with E-state index in [1.54, 1.807) is 13.1 Å². The first kappa shape index (κ1) is 19.4. The molecule has 0 saturated carbocycles. The van der Waals surface area contributed by atoms with Gasteiger partial charge in [0.25, 0.3) is 12.3 Å². The molecular formula is C14H21BrF3NO2Si. The molecule has 0 saturated heterocycles. The number of methoxy groups -OCH3 is 1. The quantitative estimate of drug-likeness (QED) is 0.632. The molecule has 22 heavy (non-hydrogen) atoms. The van der Waals surface area contributed by atoms with E-state index >= 15 is 4.39 Å². The lowest BCUT2D eigenvalue weighted by atomic mass is 10.1. The summed E-state index contributed by atoms with van der Waals surface area (Å²) in [5.41, 5.74) is -0.413. The highest BCUT2D eigenvalue weighted by Crippen LogP contribution is 2.47. The molecule has 126 valence electrons. The monoisotopic (exact) mass is 399 g/mol. The third-order valence-corrected chi connectivity index (χ3v) is 8.72. The van der Waals surface area contributed by atoms with Crippen molar-refractivity contribution in [2.75, 3.05) is 7.11 Å². The smallest absolute Gasteiger partial charge is 0.300 e. The summed E-state index contributed by atoms with van der Waals surface area (Å²) in [6, 6.07) is 1.21. The molecule has 1 rings (SSSR count). The molecule has 0 aliphatic carbocycles. The number of nitrogens with zero attached hydrogens (tertiary/aromatic N) is 1. The van der Waals surface area contributed by atoms with Gasteiger partial charge in [-0.25, -0.2) is 18.2 Å². The average Bonchev–Trinajstić information content (AvgIpc) is 2.36. The summed E-state index contributed by atoms with van der Waals surface area (Å²) in [5.74, 6) is -3.49. The van der Waals surface area contributed by atoms with Crippen LogP contribution >= 0.6 is 15.9 Å². The zero-order valence-corrected chi connectivity index (χ0v) is 16.1. The SMILES string of the molecule is COc1ncc(Br)cc1C(F)(O[Si](C)(C)C(C)(C)C)C(F)F. The van der Waals surface area contributed by atoms with Crippen LogP contribution in [0.15, 0.2) is 16.7 Å². The first-order chi connectivity index (χ1) is 9.85. The van der Waals surface area contributed by atoms with Crippen molar-refractivity contribution in [3.8, 4) is 5.88 Å². The fourth-order valence-corrected chi connectivity index (χ4v) is 3.15. The maximum atomic E-state index is 15.2. The molecule has 0 amide bonds. The molecule has 0 aliphatic rings. The van der Waals surface area contributed by atoms with E-state index in [1.165, 1.54) is 19.4 Å². The van der Waals surface area contributed by atoms with E-state index in [1.807, 2.05) is 20.8 Å². The molecule has 1 heterocycles. The van der Waals surface area contributed by atoms with Crippen molar-refractivity contribution in [3.63, 3.8) is 0 Å². The van der Waals surface area contributed by atoms with Gasteiger partial charge in [-0.1, -0.05) is 20.8 Å². The van der Waals surface area contributed by atoms with Crippen LogP contribution in [0.3, 0.4) is 0 Å². The summed E-state index contributed by atoms with van der Waals surface area (Å²) in [5, 5.41) is -0.425. The van der Waals surface area contributed by atoms with E-state index in [-0.39, 0.29) is 5.88 Å². The van der Waals surface area contributed by atoms with Gasteiger partial charge in [0.1, 0.15) is 0 Å². The van der Waals surface area contributed by atoms with Gasteiger partial charge in [-0.3, -0.25) is 0 Å². The zero-order valence-electron chi connectivity index (χ0n) is 13.5. The second-order valence-electron chi connectivity index (χ2n) is 6.52. The lowest BCUT2D eigenvalue weighted by Crippen LogP contribution is -2.49. The Morgan fingerprint density at radius 2 is 1.82 bits per heavy atom. The van der Waals surface area contributed by atoms with E-state index < -0.39 is 31.2 Å². The number of ether oxygens (including phenoxy) is 1. The Labute approximate surface area is 138 Å². The van der Waals surface area contributed by atoms with E-state index in [9.17, 15) is 8.78 Å². The van der Waals surface area contributed by atoms with Gasteiger partial charge in [0.05, 0.1) is 12.7 Å². The minimum Gasteiger partial charge on any atom is -0.481 e. The number of pyridine rings is 1. The molecule has 0 aliphatic heterocycles. The van der Waals surface area contributed by atoms with E-state index in [0.717, 1.165) is 0 Å². The molecule has 1 aromatic heterocycles. The minimum absolute atomic E-state index is 0.218. The van der Waals surface area contributed by atoms with Crippen molar-refractivity contribution >= 4 is 24.2 Å². The van der Waals surface area contributed by atoms with Crippen LogP contribution in [0.5, 0.6) is 5.88 Å². The van der Waals surface area contributed by atoms with Crippen LogP contribution in [-0.2, 0) is 10.3 Å². The Morgan fingerprint density at radius 1 is 1.27 bits per heavy atom. The van der Waals surface area contributed by atoms with Crippen molar-refractivity contribution in [2.45, 2.75) is 51.2 Å². The number of rotatable bonds is 5. The summed E-state index contributed by atoms with van der Waals surface area (Å²) >= 11 is 3.11. The molecule has 0 aromatic carbocycles. The molecule has 1 atom stereocenters. The number of aromatic nitrogens is 1. The Kier molecular flexibility index (Phi) is 5.73. The van der Waals surface area contributed by atoms with Crippen LogP contribution in [0, 0.1) is 0 Å². The van der Waals surface area contributed by atoms with Gasteiger partial charge in [0.2, 0.25) is 5.88 Å². The van der Waals surface area contributed by atoms with Crippen LogP contribution in [0.4, 0.5) is 13.2 Å². The van der Waals surface area contributed by atoms with Gasteiger partial charge in [-0.05, 0) is 40.1 Å². The van der Waals surface area contributed by atoms with Crippen molar-refractivity contribution < 1.29 is 22.3 Å². The lowest BCUT2D eigenvalue weighted by molar-refractivity contribution is -0.183. The summed E-state index contributed by atoms with van der Waals surface area (Å²) < 4.78 is 53.0. The van der Waals surface area contributed by atoms with Crippen molar-refractivity contribution in [3.05, 3.63) is 22.3 Å². The largest absolute Gasteiger partial charge is 0.481 e. The molecule has 8 heteroatoms. The van der Waals surface area contributed by atoms with Gasteiger partial charge < -0.3 is 9.16 Å². The second-order valence-corrected chi connectivity index (χ2v) is 12.2. The highest BCUT2D eigenvalue weighted by Gasteiger charge is 2.53. The third kappa shape index (κ3) is 3.83.